The van der Waals surface area contributed by atoms with Crippen molar-refractivity contribution < 1.29 is 19.1 Å². The van der Waals surface area contributed by atoms with Crippen molar-refractivity contribution in [3.05, 3.63) is 105 Å². The minimum absolute atomic E-state index is 0.188. The molecule has 0 unspecified atom stereocenters. The van der Waals surface area contributed by atoms with Crippen LogP contribution in [-0.4, -0.2) is 26.1 Å². The monoisotopic (exact) mass is 523 g/mol. The minimum atomic E-state index is -0.572. The molecule has 0 aliphatic carbocycles. The Bertz CT molecular complexity index is 1300. The average molecular weight is 525 g/mol. The zero-order chi connectivity index (χ0) is 23.5. The zero-order valence-electron chi connectivity index (χ0n) is 17.8. The van der Waals surface area contributed by atoms with Crippen LogP contribution in [0.5, 0.6) is 5.75 Å². The van der Waals surface area contributed by atoms with E-state index in [0.29, 0.717) is 22.7 Å². The number of rotatable bonds is 5. The van der Waals surface area contributed by atoms with E-state index in [0.717, 1.165) is 15.6 Å². The summed E-state index contributed by atoms with van der Waals surface area (Å²) in [6.45, 7) is 0. The third-order valence-corrected chi connectivity index (χ3v) is 6.11. The zero-order valence-corrected chi connectivity index (χ0v) is 20.2. The second-order valence-electron chi connectivity index (χ2n) is 7.19. The van der Waals surface area contributed by atoms with Crippen molar-refractivity contribution in [3.8, 4) is 5.75 Å². The maximum absolute atomic E-state index is 13.6. The van der Waals surface area contributed by atoms with Gasteiger partial charge in [0.1, 0.15) is 5.75 Å². The number of benzene rings is 3. The highest BCUT2D eigenvalue weighted by Crippen LogP contribution is 2.37. The molecule has 0 atom stereocenters. The van der Waals surface area contributed by atoms with Gasteiger partial charge in [-0.25, -0.2) is 4.79 Å². The number of carbonyl (C=O) groups excluding carboxylic acids is 2. The lowest BCUT2D eigenvalue weighted by Crippen LogP contribution is -2.25. The van der Waals surface area contributed by atoms with E-state index < -0.39 is 5.97 Å². The molecule has 0 aromatic heterocycles. The van der Waals surface area contributed by atoms with Crippen molar-refractivity contribution in [2.75, 3.05) is 19.1 Å². The maximum Gasteiger partial charge on any atom is 0.339 e. The van der Waals surface area contributed by atoms with Gasteiger partial charge in [0.15, 0.2) is 0 Å². The summed E-state index contributed by atoms with van der Waals surface area (Å²) in [6, 6.07) is 20.0. The first-order chi connectivity index (χ1) is 15.9. The Morgan fingerprint density at radius 2 is 1.79 bits per heavy atom. The van der Waals surface area contributed by atoms with E-state index in [-0.39, 0.29) is 16.5 Å². The Balaban J connectivity index is 1.82. The van der Waals surface area contributed by atoms with Gasteiger partial charge >= 0.3 is 5.97 Å². The van der Waals surface area contributed by atoms with E-state index in [4.69, 9.17) is 21.1 Å². The number of hydrogen-bond acceptors (Lipinski definition) is 4. The second-order valence-corrected chi connectivity index (χ2v) is 8.45. The molecule has 1 aliphatic heterocycles. The average Bonchev–Trinajstić information content (AvgIpc) is 3.15. The summed E-state index contributed by atoms with van der Waals surface area (Å²) in [5.41, 5.74) is 3.59. The van der Waals surface area contributed by atoms with Gasteiger partial charge in [0.05, 0.1) is 40.7 Å². The smallest absolute Gasteiger partial charge is 0.339 e. The fraction of sp³-hybridized carbons (Fsp3) is 0.0769. The number of halogens is 2. The number of methoxy groups -OCH3 is 2. The predicted molar refractivity (Wildman–Crippen MR) is 133 cm³/mol. The van der Waals surface area contributed by atoms with Gasteiger partial charge < -0.3 is 9.47 Å². The molecule has 5 nitrogen and oxygen atoms in total. The third kappa shape index (κ3) is 4.58. The van der Waals surface area contributed by atoms with Crippen molar-refractivity contribution in [2.24, 2.45) is 0 Å². The summed E-state index contributed by atoms with van der Waals surface area (Å²) in [7, 11) is 2.88. The number of carbonyl (C=O) groups is 2. The largest absolute Gasteiger partial charge is 0.496 e. The van der Waals surface area contributed by atoms with E-state index in [1.807, 2.05) is 60.7 Å². The SMILES string of the molecule is COC(=O)c1cc(N2C(=O)/C(=C/c3ccc(OC)c(Br)c3)C=C2c2ccccc2)ccc1Cl. The molecule has 1 heterocycles. The van der Waals surface area contributed by atoms with Crippen molar-refractivity contribution in [1.82, 2.24) is 0 Å². The summed E-state index contributed by atoms with van der Waals surface area (Å²) < 4.78 is 10.9. The predicted octanol–water partition coefficient (Wildman–Crippen LogP) is 6.37. The molecule has 3 aromatic carbocycles. The topological polar surface area (TPSA) is 55.8 Å². The molecule has 0 spiro atoms. The Labute approximate surface area is 205 Å². The van der Waals surface area contributed by atoms with Gasteiger partial charge in [-0.2, -0.15) is 0 Å². The molecule has 0 saturated carbocycles. The van der Waals surface area contributed by atoms with Crippen LogP contribution in [0.25, 0.3) is 11.8 Å². The molecule has 4 rings (SSSR count). The van der Waals surface area contributed by atoms with Crippen molar-refractivity contribution in [3.63, 3.8) is 0 Å². The van der Waals surface area contributed by atoms with Crippen molar-refractivity contribution >= 4 is 56.9 Å². The molecule has 166 valence electrons. The highest BCUT2D eigenvalue weighted by atomic mass is 79.9. The Morgan fingerprint density at radius 1 is 1.03 bits per heavy atom. The Hall–Kier alpha value is -3.35. The van der Waals surface area contributed by atoms with Gasteiger partial charge in [0.25, 0.3) is 5.91 Å². The number of esters is 1. The summed E-state index contributed by atoms with van der Waals surface area (Å²) in [5, 5.41) is 0.251. The molecule has 0 bridgehead atoms. The van der Waals surface area contributed by atoms with Crippen molar-refractivity contribution in [2.45, 2.75) is 0 Å². The maximum atomic E-state index is 13.6. The Morgan fingerprint density at radius 3 is 2.45 bits per heavy atom. The standard InChI is InChI=1S/C26H19BrClNO4/c1-32-24-11-8-16(13-21(24)27)12-18-14-23(17-6-4-3-5-7-17)29(25(18)30)19-9-10-22(28)20(15-19)26(31)33-2/h3-15H,1-2H3/b18-12+. The van der Waals surface area contributed by atoms with E-state index in [1.165, 1.54) is 7.11 Å². The van der Waals surface area contributed by atoms with Crippen LogP contribution >= 0.6 is 27.5 Å². The normalized spacial score (nSPS) is 14.4. The summed E-state index contributed by atoms with van der Waals surface area (Å²) >= 11 is 9.68. The van der Waals surface area contributed by atoms with Gasteiger partial charge in [0, 0.05) is 5.57 Å². The Kier molecular flexibility index (Phi) is 6.67. The van der Waals surface area contributed by atoms with Crippen LogP contribution in [0.4, 0.5) is 5.69 Å². The van der Waals surface area contributed by atoms with Crippen LogP contribution in [0.1, 0.15) is 21.5 Å². The molecule has 0 saturated heterocycles. The van der Waals surface area contributed by atoms with Crippen LogP contribution < -0.4 is 9.64 Å². The highest BCUT2D eigenvalue weighted by molar-refractivity contribution is 9.10. The molecule has 33 heavy (non-hydrogen) atoms. The first kappa shape index (κ1) is 22.8. The van der Waals surface area contributed by atoms with Crippen LogP contribution in [-0.2, 0) is 9.53 Å². The summed E-state index contributed by atoms with van der Waals surface area (Å²) in [6.07, 6.45) is 3.65. The number of nitrogens with zero attached hydrogens (tertiary/aromatic N) is 1. The van der Waals surface area contributed by atoms with Crippen LogP contribution in [0.3, 0.4) is 0 Å². The molecule has 0 N–H and O–H groups in total. The van der Waals surface area contributed by atoms with E-state index in [1.54, 1.807) is 30.2 Å². The minimum Gasteiger partial charge on any atom is -0.496 e. The number of hydrogen-bond donors (Lipinski definition) is 0. The van der Waals surface area contributed by atoms with Gasteiger partial charge in [-0.1, -0.05) is 48.0 Å². The summed E-state index contributed by atoms with van der Waals surface area (Å²) in [5.74, 6) is -0.0925. The molecule has 0 fully saturated rings. The van der Waals surface area contributed by atoms with Gasteiger partial charge in [-0.05, 0) is 69.5 Å². The fourth-order valence-electron chi connectivity index (χ4n) is 3.56. The molecular formula is C26H19BrClNO4. The first-order valence-corrected chi connectivity index (χ1v) is 11.1. The first-order valence-electron chi connectivity index (χ1n) is 9.97. The molecular weight excluding hydrogens is 506 g/mol. The molecule has 1 amide bonds. The number of ether oxygens (including phenoxy) is 2. The third-order valence-electron chi connectivity index (χ3n) is 5.16. The number of anilines is 1. The van der Waals surface area contributed by atoms with Gasteiger partial charge in [-0.3, -0.25) is 9.69 Å². The molecule has 1 aliphatic rings. The fourth-order valence-corrected chi connectivity index (χ4v) is 4.32. The highest BCUT2D eigenvalue weighted by Gasteiger charge is 2.31. The van der Waals surface area contributed by atoms with Crippen LogP contribution in [0, 0.1) is 0 Å². The van der Waals surface area contributed by atoms with E-state index in [2.05, 4.69) is 15.9 Å². The van der Waals surface area contributed by atoms with Crippen LogP contribution in [0.2, 0.25) is 5.02 Å². The quantitative estimate of drug-likeness (QED) is 0.287. The van der Waals surface area contributed by atoms with Crippen LogP contribution in [0.15, 0.2) is 82.9 Å². The number of amides is 1. The van der Waals surface area contributed by atoms with Gasteiger partial charge in [0.2, 0.25) is 0 Å². The van der Waals surface area contributed by atoms with E-state index >= 15 is 0 Å². The summed E-state index contributed by atoms with van der Waals surface area (Å²) in [4.78, 5) is 27.3. The molecule has 0 radical (unpaired) electrons. The molecule has 7 heteroatoms. The van der Waals surface area contributed by atoms with Gasteiger partial charge in [-0.15, -0.1) is 0 Å². The molecule has 3 aromatic rings. The van der Waals surface area contributed by atoms with E-state index in [9.17, 15) is 9.59 Å². The van der Waals surface area contributed by atoms with Crippen molar-refractivity contribution in [1.29, 1.82) is 0 Å². The lowest BCUT2D eigenvalue weighted by atomic mass is 10.1. The lowest BCUT2D eigenvalue weighted by molar-refractivity contribution is -0.113. The lowest BCUT2D eigenvalue weighted by Gasteiger charge is -2.21. The second kappa shape index (κ2) is 9.65.